The van der Waals surface area contributed by atoms with E-state index in [-0.39, 0.29) is 28.8 Å². The first-order chi connectivity index (χ1) is 16.8. The van der Waals surface area contributed by atoms with Gasteiger partial charge in [0.1, 0.15) is 5.75 Å². The molecule has 8 heteroatoms. The highest BCUT2D eigenvalue weighted by Crippen LogP contribution is 2.30. The van der Waals surface area contributed by atoms with Crippen molar-refractivity contribution >= 4 is 15.7 Å². The highest BCUT2D eigenvalue weighted by atomic mass is 32.2. The van der Waals surface area contributed by atoms with Crippen molar-refractivity contribution in [2.75, 3.05) is 7.11 Å². The summed E-state index contributed by atoms with van der Waals surface area (Å²) in [5, 5.41) is 0.0512. The minimum absolute atomic E-state index is 0.0512. The molecular formula is C27H33N3O4S. The van der Waals surface area contributed by atoms with Crippen molar-refractivity contribution < 1.29 is 17.9 Å². The third-order valence-electron chi connectivity index (χ3n) is 6.06. The summed E-state index contributed by atoms with van der Waals surface area (Å²) in [6.45, 7) is 4.95. The average molecular weight is 496 g/mol. The van der Waals surface area contributed by atoms with Crippen molar-refractivity contribution in [3.8, 4) is 5.75 Å². The van der Waals surface area contributed by atoms with E-state index in [0.29, 0.717) is 30.8 Å². The van der Waals surface area contributed by atoms with Crippen molar-refractivity contribution in [1.29, 1.82) is 0 Å². The molecule has 35 heavy (non-hydrogen) atoms. The minimum atomic E-state index is -3.71. The van der Waals surface area contributed by atoms with Gasteiger partial charge >= 0.3 is 0 Å². The molecule has 0 saturated heterocycles. The number of hydrogen-bond donors (Lipinski definition) is 0. The fourth-order valence-electron chi connectivity index (χ4n) is 4.23. The highest BCUT2D eigenvalue weighted by Gasteiger charge is 2.34. The first-order valence-corrected chi connectivity index (χ1v) is 13.7. The molecule has 1 aliphatic carbocycles. The Hall–Kier alpha value is -3.13. The molecule has 1 aromatic heterocycles. The van der Waals surface area contributed by atoms with Crippen LogP contribution in [0.25, 0.3) is 0 Å². The predicted molar refractivity (Wildman–Crippen MR) is 135 cm³/mol. The molecular weight excluding hydrogens is 462 g/mol. The van der Waals surface area contributed by atoms with E-state index in [1.165, 1.54) is 0 Å². The largest absolute Gasteiger partial charge is 0.497 e. The number of nitrogens with zero attached hydrogens (tertiary/aromatic N) is 3. The predicted octanol–water partition coefficient (Wildman–Crippen LogP) is 4.26. The van der Waals surface area contributed by atoms with Crippen LogP contribution >= 0.6 is 0 Å². The summed E-state index contributed by atoms with van der Waals surface area (Å²) in [6.07, 6.45) is 3.89. The second-order valence-electron chi connectivity index (χ2n) is 9.56. The monoisotopic (exact) mass is 495 g/mol. The quantitative estimate of drug-likeness (QED) is 0.397. The lowest BCUT2D eigenvalue weighted by Gasteiger charge is -2.24. The Morgan fingerprint density at radius 3 is 2.49 bits per heavy atom. The fraction of sp³-hybridized carbons (Fsp3) is 0.407. The molecule has 1 saturated carbocycles. The van der Waals surface area contributed by atoms with Gasteiger partial charge in [0.2, 0.25) is 20.9 Å². The van der Waals surface area contributed by atoms with E-state index in [4.69, 9.17) is 4.74 Å². The van der Waals surface area contributed by atoms with E-state index in [1.807, 2.05) is 49.1 Å². The normalized spacial score (nSPS) is 13.7. The number of imidazole rings is 1. The third kappa shape index (κ3) is 6.31. The second-order valence-corrected chi connectivity index (χ2v) is 11.4. The summed E-state index contributed by atoms with van der Waals surface area (Å²) in [5.41, 5.74) is 2.36. The zero-order valence-corrected chi connectivity index (χ0v) is 21.4. The van der Waals surface area contributed by atoms with Gasteiger partial charge in [0.15, 0.2) is 0 Å². The molecule has 0 unspecified atom stereocenters. The fourth-order valence-corrected chi connectivity index (χ4v) is 5.72. The summed E-state index contributed by atoms with van der Waals surface area (Å²) in [4.78, 5) is 19.5. The van der Waals surface area contributed by atoms with Gasteiger partial charge in [0.05, 0.1) is 37.7 Å². The molecule has 4 rings (SSSR count). The number of rotatable bonds is 11. The molecule has 1 aliphatic rings. The van der Waals surface area contributed by atoms with Gasteiger partial charge in [-0.3, -0.25) is 4.79 Å². The van der Waals surface area contributed by atoms with Crippen LogP contribution in [0.3, 0.4) is 0 Å². The van der Waals surface area contributed by atoms with Gasteiger partial charge in [-0.1, -0.05) is 56.3 Å². The van der Waals surface area contributed by atoms with Crippen LogP contribution in [0.15, 0.2) is 66.0 Å². The molecule has 1 amide bonds. The molecule has 0 radical (unpaired) electrons. The lowest BCUT2D eigenvalue weighted by atomic mass is 10.1. The number of benzene rings is 2. The summed E-state index contributed by atoms with van der Waals surface area (Å²) in [7, 11) is -2.15. The number of carbonyl (C=O) groups is 1. The van der Waals surface area contributed by atoms with Crippen molar-refractivity contribution in [3.63, 3.8) is 0 Å². The maximum atomic E-state index is 13.4. The zero-order chi connectivity index (χ0) is 25.0. The molecule has 0 spiro atoms. The van der Waals surface area contributed by atoms with Crippen LogP contribution in [0.2, 0.25) is 0 Å². The van der Waals surface area contributed by atoms with Gasteiger partial charge in [0.25, 0.3) is 0 Å². The topological polar surface area (TPSA) is 81.5 Å². The van der Waals surface area contributed by atoms with Crippen LogP contribution in [0, 0.1) is 5.92 Å². The minimum Gasteiger partial charge on any atom is -0.497 e. The average Bonchev–Trinajstić information content (AvgIpc) is 3.58. The molecule has 3 aromatic rings. The summed E-state index contributed by atoms with van der Waals surface area (Å²) < 4.78 is 33.9. The molecule has 0 N–H and O–H groups in total. The van der Waals surface area contributed by atoms with Crippen LogP contribution in [0.4, 0.5) is 0 Å². The van der Waals surface area contributed by atoms with E-state index in [1.54, 1.807) is 42.1 Å². The number of ether oxygens (including phenoxy) is 1. The second kappa shape index (κ2) is 10.6. The molecule has 0 atom stereocenters. The van der Waals surface area contributed by atoms with Gasteiger partial charge in [0, 0.05) is 12.6 Å². The Morgan fingerprint density at radius 1 is 1.11 bits per heavy atom. The van der Waals surface area contributed by atoms with Crippen molar-refractivity contribution in [1.82, 2.24) is 14.5 Å². The Labute approximate surface area is 207 Å². The number of hydrogen-bond acceptors (Lipinski definition) is 5. The Balaban J connectivity index is 1.60. The number of amides is 1. The number of carbonyl (C=O) groups excluding carboxylic acids is 1. The van der Waals surface area contributed by atoms with Gasteiger partial charge in [-0.2, -0.15) is 0 Å². The first kappa shape index (κ1) is 25.0. The molecule has 7 nitrogen and oxygen atoms in total. The van der Waals surface area contributed by atoms with Crippen LogP contribution in [-0.4, -0.2) is 41.9 Å². The summed E-state index contributed by atoms with van der Waals surface area (Å²) >= 11 is 0. The van der Waals surface area contributed by atoms with E-state index < -0.39 is 9.84 Å². The molecule has 1 heterocycles. The Kier molecular flexibility index (Phi) is 7.60. The Bertz CT molecular complexity index is 1260. The highest BCUT2D eigenvalue weighted by molar-refractivity contribution is 7.90. The summed E-state index contributed by atoms with van der Waals surface area (Å²) in [6, 6.07) is 17.0. The van der Waals surface area contributed by atoms with Crippen LogP contribution in [0.5, 0.6) is 5.75 Å². The standard InChI is InChI=1S/C27H33N3O4S/c1-20(2)17-30-24(18-29(23-12-13-23)26(31)15-21-8-5-4-6-9-21)16-28-27(30)35(32,33)19-22-10-7-11-25(14-22)34-3/h4-11,14,16,20,23H,12-13,15,17-19H2,1-3H3. The maximum absolute atomic E-state index is 13.4. The summed E-state index contributed by atoms with van der Waals surface area (Å²) in [5.74, 6) is 0.707. The Morgan fingerprint density at radius 2 is 1.83 bits per heavy atom. The third-order valence-corrected chi connectivity index (χ3v) is 7.65. The molecule has 2 aromatic carbocycles. The lowest BCUT2D eigenvalue weighted by Crippen LogP contribution is -2.34. The molecule has 0 aliphatic heterocycles. The number of methoxy groups -OCH3 is 1. The van der Waals surface area contributed by atoms with Gasteiger partial charge in [-0.15, -0.1) is 0 Å². The molecule has 186 valence electrons. The van der Waals surface area contributed by atoms with Gasteiger partial charge in [-0.05, 0) is 42.0 Å². The molecule has 1 fully saturated rings. The maximum Gasteiger partial charge on any atom is 0.228 e. The van der Waals surface area contributed by atoms with Crippen molar-refractivity contribution in [2.45, 2.75) is 63.2 Å². The van der Waals surface area contributed by atoms with E-state index in [2.05, 4.69) is 4.98 Å². The number of sulfone groups is 1. The van der Waals surface area contributed by atoms with Crippen LogP contribution < -0.4 is 4.74 Å². The van der Waals surface area contributed by atoms with Crippen molar-refractivity contribution in [3.05, 3.63) is 77.6 Å². The molecule has 0 bridgehead atoms. The van der Waals surface area contributed by atoms with Gasteiger partial charge in [-0.25, -0.2) is 13.4 Å². The van der Waals surface area contributed by atoms with Crippen LogP contribution in [-0.2, 0) is 39.9 Å². The smallest absolute Gasteiger partial charge is 0.228 e. The SMILES string of the molecule is COc1cccc(CS(=O)(=O)c2ncc(CN(C(=O)Cc3ccccc3)C3CC3)n2CC(C)C)c1. The van der Waals surface area contributed by atoms with Crippen LogP contribution in [0.1, 0.15) is 43.5 Å². The zero-order valence-electron chi connectivity index (χ0n) is 20.6. The van der Waals surface area contributed by atoms with E-state index in [9.17, 15) is 13.2 Å². The van der Waals surface area contributed by atoms with E-state index >= 15 is 0 Å². The van der Waals surface area contributed by atoms with E-state index in [0.717, 1.165) is 24.1 Å². The van der Waals surface area contributed by atoms with Crippen molar-refractivity contribution in [2.24, 2.45) is 5.92 Å². The lowest BCUT2D eigenvalue weighted by molar-refractivity contribution is -0.131. The number of aromatic nitrogens is 2. The first-order valence-electron chi connectivity index (χ1n) is 12.0. The van der Waals surface area contributed by atoms with Gasteiger partial charge < -0.3 is 14.2 Å².